The van der Waals surface area contributed by atoms with Gasteiger partial charge in [-0.15, -0.1) is 0 Å². The number of carbonyl (C=O) groups is 2. The minimum atomic E-state index is -0.662. The van der Waals surface area contributed by atoms with Gasteiger partial charge >= 0.3 is 11.9 Å². The minimum absolute atomic E-state index is 0.113. The van der Waals surface area contributed by atoms with Gasteiger partial charge in [-0.2, -0.15) is 0 Å². The molecule has 2 rings (SSSR count). The number of ether oxygens (including phenoxy) is 1. The van der Waals surface area contributed by atoms with Crippen LogP contribution in [-0.4, -0.2) is 41.6 Å². The van der Waals surface area contributed by atoms with Crippen LogP contribution in [0, 0.1) is 11.8 Å². The number of carboxylic acids is 1. The van der Waals surface area contributed by atoms with Crippen molar-refractivity contribution in [1.82, 2.24) is 4.90 Å². The number of hydrogen-bond acceptors (Lipinski definition) is 4. The quantitative estimate of drug-likeness (QED) is 0.187. The molecule has 1 aromatic rings. The molecule has 34 heavy (non-hydrogen) atoms. The van der Waals surface area contributed by atoms with Gasteiger partial charge in [-0.3, -0.25) is 9.59 Å². The topological polar surface area (TPSA) is 66.8 Å². The number of carbonyl (C=O) groups excluding carboxylic acids is 1. The van der Waals surface area contributed by atoms with E-state index < -0.39 is 5.97 Å². The van der Waals surface area contributed by atoms with E-state index in [9.17, 15) is 14.7 Å². The van der Waals surface area contributed by atoms with Crippen molar-refractivity contribution in [3.63, 3.8) is 0 Å². The van der Waals surface area contributed by atoms with E-state index in [-0.39, 0.29) is 17.9 Å². The smallest absolute Gasteiger partial charge is 0.308 e. The van der Waals surface area contributed by atoms with Crippen molar-refractivity contribution >= 4 is 11.9 Å². The Hall–Kier alpha value is -1.88. The second-order valence-electron chi connectivity index (χ2n) is 10.2. The van der Waals surface area contributed by atoms with Crippen molar-refractivity contribution in [2.24, 2.45) is 11.8 Å². The first-order valence-electron chi connectivity index (χ1n) is 13.6. The second kappa shape index (κ2) is 16.7. The molecule has 1 N–H and O–H groups in total. The summed E-state index contributed by atoms with van der Waals surface area (Å²) >= 11 is 0. The highest BCUT2D eigenvalue weighted by atomic mass is 16.5. The first-order chi connectivity index (χ1) is 16.5. The molecule has 1 aromatic carbocycles. The molecule has 0 saturated carbocycles. The molecule has 0 amide bonds. The predicted molar refractivity (Wildman–Crippen MR) is 138 cm³/mol. The fourth-order valence-electron chi connectivity index (χ4n) is 5.27. The first kappa shape index (κ1) is 28.4. The molecule has 1 fully saturated rings. The molecule has 5 nitrogen and oxygen atoms in total. The van der Waals surface area contributed by atoms with Gasteiger partial charge in [0.05, 0.1) is 5.92 Å². The maximum Gasteiger partial charge on any atom is 0.308 e. The average Bonchev–Trinajstić information content (AvgIpc) is 3.20. The van der Waals surface area contributed by atoms with Gasteiger partial charge in [-0.05, 0) is 50.8 Å². The minimum Gasteiger partial charge on any atom is -0.481 e. The maximum absolute atomic E-state index is 12.2. The lowest BCUT2D eigenvalue weighted by Crippen LogP contribution is -2.35. The van der Waals surface area contributed by atoms with Crippen LogP contribution in [0.5, 0.6) is 0 Å². The number of unbranched alkanes of at least 4 members (excludes halogenated alkanes) is 7. The van der Waals surface area contributed by atoms with Gasteiger partial charge in [0.25, 0.3) is 0 Å². The van der Waals surface area contributed by atoms with Crippen LogP contribution in [0.1, 0.15) is 102 Å². The fraction of sp³-hybridized carbons (Fsp3) is 0.724. The molecule has 0 spiro atoms. The zero-order chi connectivity index (χ0) is 24.6. The summed E-state index contributed by atoms with van der Waals surface area (Å²) in [6.45, 7) is 3.44. The summed E-state index contributed by atoms with van der Waals surface area (Å²) in [5, 5.41) is 9.66. The number of rotatable bonds is 18. The third kappa shape index (κ3) is 11.0. The van der Waals surface area contributed by atoms with E-state index in [0.717, 1.165) is 44.2 Å². The van der Waals surface area contributed by atoms with Crippen molar-refractivity contribution in [2.45, 2.75) is 109 Å². The molecule has 1 aliphatic rings. The van der Waals surface area contributed by atoms with Crippen LogP contribution in [0.4, 0.5) is 0 Å². The van der Waals surface area contributed by atoms with Crippen LogP contribution in [0.2, 0.25) is 0 Å². The number of aliphatic carboxylic acids is 1. The zero-order valence-corrected chi connectivity index (χ0v) is 21.6. The van der Waals surface area contributed by atoms with Gasteiger partial charge < -0.3 is 14.7 Å². The van der Waals surface area contributed by atoms with E-state index in [1.54, 1.807) is 0 Å². The van der Waals surface area contributed by atoms with Gasteiger partial charge in [0.15, 0.2) is 0 Å². The Balaban J connectivity index is 1.76. The zero-order valence-electron chi connectivity index (χ0n) is 21.6. The van der Waals surface area contributed by atoms with Gasteiger partial charge in [0, 0.05) is 12.5 Å². The molecule has 1 aliphatic heterocycles. The molecule has 0 bridgehead atoms. The number of likely N-dealkylation sites (tertiary alicyclic amines) is 1. The maximum atomic E-state index is 12.2. The van der Waals surface area contributed by atoms with E-state index in [2.05, 4.69) is 18.9 Å². The van der Waals surface area contributed by atoms with Crippen molar-refractivity contribution in [3.8, 4) is 0 Å². The largest absolute Gasteiger partial charge is 0.481 e. The van der Waals surface area contributed by atoms with Crippen LogP contribution >= 0.6 is 0 Å². The summed E-state index contributed by atoms with van der Waals surface area (Å²) in [7, 11) is 2.06. The van der Waals surface area contributed by atoms with Gasteiger partial charge in [0.1, 0.15) is 6.61 Å². The molecular weight excluding hydrogens is 426 g/mol. The third-order valence-corrected chi connectivity index (χ3v) is 7.42. The summed E-state index contributed by atoms with van der Waals surface area (Å²) in [4.78, 5) is 26.2. The lowest BCUT2D eigenvalue weighted by atomic mass is 9.85. The summed E-state index contributed by atoms with van der Waals surface area (Å²) in [5.74, 6) is -0.600. The van der Waals surface area contributed by atoms with E-state index in [4.69, 9.17) is 4.74 Å². The highest BCUT2D eigenvalue weighted by Crippen LogP contribution is 2.32. The summed E-state index contributed by atoms with van der Waals surface area (Å²) < 4.78 is 5.44. The Kier molecular flexibility index (Phi) is 13.9. The van der Waals surface area contributed by atoms with Crippen LogP contribution in [-0.2, 0) is 20.9 Å². The Morgan fingerprint density at radius 1 is 1.00 bits per heavy atom. The molecule has 0 radical (unpaired) electrons. The molecule has 1 saturated heterocycles. The normalized spacial score (nSPS) is 19.2. The molecule has 0 aliphatic carbocycles. The van der Waals surface area contributed by atoms with Crippen molar-refractivity contribution < 1.29 is 19.4 Å². The monoisotopic (exact) mass is 473 g/mol. The van der Waals surface area contributed by atoms with Crippen LogP contribution in [0.3, 0.4) is 0 Å². The Morgan fingerprint density at radius 2 is 1.65 bits per heavy atom. The Bertz CT molecular complexity index is 693. The lowest BCUT2D eigenvalue weighted by Gasteiger charge is -2.28. The van der Waals surface area contributed by atoms with E-state index in [0.29, 0.717) is 18.9 Å². The van der Waals surface area contributed by atoms with Crippen LogP contribution in [0.15, 0.2) is 30.3 Å². The number of benzene rings is 1. The average molecular weight is 474 g/mol. The third-order valence-electron chi connectivity index (χ3n) is 7.42. The molecular formula is C29H47NO4. The van der Waals surface area contributed by atoms with Crippen molar-refractivity contribution in [3.05, 3.63) is 35.9 Å². The highest BCUT2D eigenvalue weighted by Gasteiger charge is 2.37. The standard InChI is InChI=1S/C29H47NO4/c1-3-4-5-6-7-8-9-11-15-24(22-27-26(29(32)33)20-21-30(27)2)18-14-19-28(31)34-23-25-16-12-10-13-17-25/h10,12-13,16-17,24,26-27H,3-9,11,14-15,18-23H2,1-2H3,(H,32,33). The number of esters is 1. The van der Waals surface area contributed by atoms with Crippen molar-refractivity contribution in [2.75, 3.05) is 13.6 Å². The highest BCUT2D eigenvalue weighted by molar-refractivity contribution is 5.71. The molecule has 3 unspecified atom stereocenters. The molecule has 5 heteroatoms. The number of carboxylic acid groups (broad SMARTS) is 1. The fourth-order valence-corrected chi connectivity index (χ4v) is 5.27. The SMILES string of the molecule is CCCCCCCCCCC(CCCC(=O)OCc1ccccc1)CC1C(C(=O)O)CCN1C. The van der Waals surface area contributed by atoms with E-state index in [1.165, 1.54) is 51.4 Å². The summed E-state index contributed by atoms with van der Waals surface area (Å²) in [6.07, 6.45) is 15.4. The first-order valence-corrected chi connectivity index (χ1v) is 13.6. The Morgan fingerprint density at radius 3 is 2.32 bits per heavy atom. The van der Waals surface area contributed by atoms with Crippen LogP contribution < -0.4 is 0 Å². The summed E-state index contributed by atoms with van der Waals surface area (Å²) in [5.41, 5.74) is 1.01. The Labute approximate surface area is 207 Å². The molecule has 1 heterocycles. The molecule has 192 valence electrons. The summed E-state index contributed by atoms with van der Waals surface area (Å²) in [6, 6.07) is 9.89. The molecule has 3 atom stereocenters. The van der Waals surface area contributed by atoms with Crippen molar-refractivity contribution in [1.29, 1.82) is 0 Å². The van der Waals surface area contributed by atoms with Gasteiger partial charge in [-0.1, -0.05) is 95.0 Å². The number of nitrogens with zero attached hydrogens (tertiary/aromatic N) is 1. The van der Waals surface area contributed by atoms with Crippen LogP contribution in [0.25, 0.3) is 0 Å². The lowest BCUT2D eigenvalue weighted by molar-refractivity contribution is -0.145. The second-order valence-corrected chi connectivity index (χ2v) is 10.2. The van der Waals surface area contributed by atoms with E-state index >= 15 is 0 Å². The van der Waals surface area contributed by atoms with E-state index in [1.807, 2.05) is 30.3 Å². The predicted octanol–water partition coefficient (Wildman–Crippen LogP) is 6.84. The van der Waals surface area contributed by atoms with Gasteiger partial charge in [-0.25, -0.2) is 0 Å². The molecule has 0 aromatic heterocycles. The van der Waals surface area contributed by atoms with Gasteiger partial charge in [0.2, 0.25) is 0 Å². The number of hydrogen-bond donors (Lipinski definition) is 1.